The van der Waals surface area contributed by atoms with Crippen molar-refractivity contribution >= 4 is 44.6 Å². The molecule has 0 aliphatic rings. The fourth-order valence-electron chi connectivity index (χ4n) is 1.15. The number of sulfone groups is 1. The van der Waals surface area contributed by atoms with Gasteiger partial charge >= 0.3 is 0 Å². The zero-order valence-corrected chi connectivity index (χ0v) is 11.6. The van der Waals surface area contributed by atoms with Crippen LogP contribution in [-0.4, -0.2) is 18.0 Å². The van der Waals surface area contributed by atoms with Gasteiger partial charge in [-0.1, -0.05) is 59.9 Å². The van der Waals surface area contributed by atoms with Gasteiger partial charge in [0.15, 0.2) is 13.6 Å². The molecule has 0 aromatic heterocycles. The maximum atomic E-state index is 11.9. The zero-order chi connectivity index (χ0) is 12.4. The van der Waals surface area contributed by atoms with Crippen molar-refractivity contribution in [1.29, 1.82) is 0 Å². The molecule has 6 heteroatoms. The number of alkyl halides is 3. The molecule has 16 heavy (non-hydrogen) atoms. The predicted octanol–water partition coefficient (Wildman–Crippen LogP) is 3.47. The first-order valence-corrected chi connectivity index (χ1v) is 7.36. The summed E-state index contributed by atoms with van der Waals surface area (Å²) in [7, 11) is -3.40. The summed E-state index contributed by atoms with van der Waals surface area (Å²) in [6, 6.07) is 8.12. The molecule has 0 spiro atoms. The van der Waals surface area contributed by atoms with Gasteiger partial charge in [0, 0.05) is 5.92 Å². The molecule has 1 rings (SSSR count). The van der Waals surface area contributed by atoms with E-state index in [9.17, 15) is 8.42 Å². The lowest BCUT2D eigenvalue weighted by Gasteiger charge is -2.19. The third-order valence-corrected chi connectivity index (χ3v) is 5.18. The van der Waals surface area contributed by atoms with Crippen molar-refractivity contribution in [3.05, 3.63) is 30.3 Å². The van der Waals surface area contributed by atoms with Crippen LogP contribution in [0.2, 0.25) is 0 Å². The molecule has 1 aromatic carbocycles. The SMILES string of the molecule is CC(CS(=O)(=O)c1ccccc1)C(Cl)(Cl)Cl. The van der Waals surface area contributed by atoms with E-state index in [1.54, 1.807) is 25.1 Å². The second-order valence-corrected chi connectivity index (χ2v) is 7.94. The molecule has 0 radical (unpaired) electrons. The molecule has 1 aromatic rings. The van der Waals surface area contributed by atoms with Crippen molar-refractivity contribution in [2.45, 2.75) is 15.6 Å². The monoisotopic (exact) mass is 300 g/mol. The summed E-state index contributed by atoms with van der Waals surface area (Å²) in [6.45, 7) is 1.59. The summed E-state index contributed by atoms with van der Waals surface area (Å²) in [4.78, 5) is 0.246. The third kappa shape index (κ3) is 3.81. The highest BCUT2D eigenvalue weighted by Gasteiger charge is 2.32. The van der Waals surface area contributed by atoms with E-state index < -0.39 is 19.5 Å². The number of benzene rings is 1. The minimum Gasteiger partial charge on any atom is -0.224 e. The third-order valence-electron chi connectivity index (χ3n) is 2.13. The van der Waals surface area contributed by atoms with Crippen LogP contribution in [0.1, 0.15) is 6.92 Å². The molecule has 0 saturated carbocycles. The van der Waals surface area contributed by atoms with Crippen LogP contribution in [0.15, 0.2) is 35.2 Å². The van der Waals surface area contributed by atoms with Crippen molar-refractivity contribution < 1.29 is 8.42 Å². The van der Waals surface area contributed by atoms with Gasteiger partial charge in [-0.25, -0.2) is 8.42 Å². The van der Waals surface area contributed by atoms with Crippen molar-refractivity contribution in [3.8, 4) is 0 Å². The van der Waals surface area contributed by atoms with E-state index in [1.807, 2.05) is 0 Å². The first-order chi connectivity index (χ1) is 7.23. The molecule has 0 amide bonds. The predicted molar refractivity (Wildman–Crippen MR) is 67.9 cm³/mol. The van der Waals surface area contributed by atoms with Crippen LogP contribution in [0.5, 0.6) is 0 Å². The van der Waals surface area contributed by atoms with Crippen molar-refractivity contribution in [2.75, 3.05) is 5.75 Å². The van der Waals surface area contributed by atoms with E-state index in [4.69, 9.17) is 34.8 Å². The van der Waals surface area contributed by atoms with Crippen LogP contribution in [0, 0.1) is 5.92 Å². The fourth-order valence-corrected chi connectivity index (χ4v) is 3.33. The Kier molecular flexibility index (Phi) is 4.52. The first kappa shape index (κ1) is 14.1. The van der Waals surface area contributed by atoms with Crippen molar-refractivity contribution in [3.63, 3.8) is 0 Å². The highest BCUT2D eigenvalue weighted by Crippen LogP contribution is 2.36. The standard InChI is InChI=1S/C10H11Cl3O2S/c1-8(10(11,12)13)7-16(14,15)9-5-3-2-4-6-9/h2-6,8H,7H2,1H3. The van der Waals surface area contributed by atoms with E-state index in [-0.39, 0.29) is 10.6 Å². The molecule has 1 atom stereocenters. The molecular weight excluding hydrogens is 291 g/mol. The molecule has 0 N–H and O–H groups in total. The van der Waals surface area contributed by atoms with Gasteiger partial charge in [0.25, 0.3) is 0 Å². The Hall–Kier alpha value is 0.0400. The Morgan fingerprint density at radius 1 is 1.19 bits per heavy atom. The van der Waals surface area contributed by atoms with Crippen LogP contribution >= 0.6 is 34.8 Å². The van der Waals surface area contributed by atoms with Gasteiger partial charge in [-0.2, -0.15) is 0 Å². The summed E-state index contributed by atoms with van der Waals surface area (Å²) in [5, 5.41) is 0. The molecule has 1 unspecified atom stereocenters. The minimum absolute atomic E-state index is 0.187. The highest BCUT2D eigenvalue weighted by molar-refractivity contribution is 7.91. The molecule has 0 heterocycles. The van der Waals surface area contributed by atoms with E-state index in [0.717, 1.165) is 0 Å². The van der Waals surface area contributed by atoms with Gasteiger partial charge in [0.05, 0.1) is 10.6 Å². The maximum absolute atomic E-state index is 11.9. The summed E-state index contributed by atoms with van der Waals surface area (Å²) in [5.74, 6) is -0.754. The Bertz CT molecular complexity index is 437. The second-order valence-electron chi connectivity index (χ2n) is 3.54. The lowest BCUT2D eigenvalue weighted by atomic mass is 10.3. The van der Waals surface area contributed by atoms with E-state index >= 15 is 0 Å². The molecule has 0 saturated heterocycles. The Morgan fingerprint density at radius 3 is 2.12 bits per heavy atom. The van der Waals surface area contributed by atoms with E-state index in [0.29, 0.717) is 0 Å². The first-order valence-electron chi connectivity index (χ1n) is 4.58. The molecule has 2 nitrogen and oxygen atoms in total. The van der Waals surface area contributed by atoms with E-state index in [2.05, 4.69) is 0 Å². The van der Waals surface area contributed by atoms with Crippen molar-refractivity contribution in [1.82, 2.24) is 0 Å². The largest absolute Gasteiger partial charge is 0.224 e. The van der Waals surface area contributed by atoms with E-state index in [1.165, 1.54) is 12.1 Å². The lowest BCUT2D eigenvalue weighted by molar-refractivity contribution is 0.574. The van der Waals surface area contributed by atoms with Crippen molar-refractivity contribution in [2.24, 2.45) is 5.92 Å². The number of rotatable bonds is 3. The van der Waals surface area contributed by atoms with Gasteiger partial charge in [-0.05, 0) is 12.1 Å². The molecule has 0 aliphatic carbocycles. The normalized spacial score (nSPS) is 14.8. The number of halogens is 3. The van der Waals surface area contributed by atoms with Crippen LogP contribution in [-0.2, 0) is 9.84 Å². The Morgan fingerprint density at radius 2 is 1.69 bits per heavy atom. The molecule has 0 fully saturated rings. The van der Waals surface area contributed by atoms with Gasteiger partial charge in [-0.15, -0.1) is 0 Å². The smallest absolute Gasteiger partial charge is 0.194 e. The number of hydrogen-bond acceptors (Lipinski definition) is 2. The Labute approximate surface area is 110 Å². The van der Waals surface area contributed by atoms with Crippen LogP contribution in [0.3, 0.4) is 0 Å². The highest BCUT2D eigenvalue weighted by atomic mass is 35.6. The van der Waals surface area contributed by atoms with Crippen LogP contribution < -0.4 is 0 Å². The summed E-state index contributed by atoms with van der Waals surface area (Å²) < 4.78 is 22.3. The Balaban J connectivity index is 2.90. The summed E-state index contributed by atoms with van der Waals surface area (Å²) in [6.07, 6.45) is 0. The average molecular weight is 302 g/mol. The lowest BCUT2D eigenvalue weighted by Crippen LogP contribution is -2.24. The molecule has 0 aliphatic heterocycles. The summed E-state index contributed by atoms with van der Waals surface area (Å²) >= 11 is 16.9. The fraction of sp³-hybridized carbons (Fsp3) is 0.400. The van der Waals surface area contributed by atoms with Crippen LogP contribution in [0.4, 0.5) is 0 Å². The quantitative estimate of drug-likeness (QED) is 0.801. The van der Waals surface area contributed by atoms with Gasteiger partial charge in [0.2, 0.25) is 0 Å². The maximum Gasteiger partial charge on any atom is 0.194 e. The van der Waals surface area contributed by atoms with Gasteiger partial charge < -0.3 is 0 Å². The summed E-state index contributed by atoms with van der Waals surface area (Å²) in [5.41, 5.74) is 0. The van der Waals surface area contributed by atoms with Gasteiger partial charge in [0.1, 0.15) is 0 Å². The zero-order valence-electron chi connectivity index (χ0n) is 8.53. The molecule has 0 bridgehead atoms. The average Bonchev–Trinajstić information content (AvgIpc) is 2.17. The van der Waals surface area contributed by atoms with Gasteiger partial charge in [-0.3, -0.25) is 0 Å². The second kappa shape index (κ2) is 5.13. The molecular formula is C10H11Cl3O2S. The molecule has 90 valence electrons. The minimum atomic E-state index is -3.40. The topological polar surface area (TPSA) is 34.1 Å². The number of hydrogen-bond donors (Lipinski definition) is 0. The van der Waals surface area contributed by atoms with Crippen LogP contribution in [0.25, 0.3) is 0 Å².